The number of furan rings is 1. The summed E-state index contributed by atoms with van der Waals surface area (Å²) >= 11 is 2.28. The normalized spacial score (nSPS) is 10.8. The zero-order valence-corrected chi connectivity index (χ0v) is 14.3. The fraction of sp³-hybridized carbons (Fsp3) is 0.158. The molecular weight excluding hydrogens is 371 g/mol. The van der Waals surface area contributed by atoms with Crippen LogP contribution >= 0.6 is 22.6 Å². The minimum absolute atomic E-state index is 0.965. The number of benzene rings is 2. The highest BCUT2D eigenvalue weighted by Gasteiger charge is 2.20. The molecule has 0 atom stereocenters. The molecule has 0 saturated heterocycles. The third kappa shape index (κ3) is 2.64. The highest BCUT2D eigenvalue weighted by Crippen LogP contribution is 2.40. The zero-order chi connectivity index (χ0) is 14.8. The molecule has 2 aromatic carbocycles. The van der Waals surface area contributed by atoms with Crippen LogP contribution in [0.1, 0.15) is 18.1 Å². The van der Waals surface area contributed by atoms with E-state index in [0.29, 0.717) is 0 Å². The molecular formula is C19H17IO. The van der Waals surface area contributed by atoms with Crippen molar-refractivity contribution < 1.29 is 4.42 Å². The number of hydrogen-bond donors (Lipinski definition) is 0. The van der Waals surface area contributed by atoms with E-state index in [0.717, 1.165) is 21.5 Å². The molecule has 1 heterocycles. The van der Waals surface area contributed by atoms with Crippen LogP contribution in [0.25, 0.3) is 22.5 Å². The first kappa shape index (κ1) is 14.4. The summed E-state index contributed by atoms with van der Waals surface area (Å²) in [4.78, 5) is 0. The Hall–Kier alpha value is -1.55. The topological polar surface area (TPSA) is 13.1 Å². The summed E-state index contributed by atoms with van der Waals surface area (Å²) in [7, 11) is 0. The maximum Gasteiger partial charge on any atom is 0.168 e. The molecule has 21 heavy (non-hydrogen) atoms. The molecule has 106 valence electrons. The van der Waals surface area contributed by atoms with Gasteiger partial charge in [0.25, 0.3) is 0 Å². The molecule has 0 aliphatic carbocycles. The predicted octanol–water partition coefficient (Wildman–Crippen LogP) is 6.09. The van der Waals surface area contributed by atoms with Gasteiger partial charge in [-0.3, -0.25) is 0 Å². The van der Waals surface area contributed by atoms with Crippen LogP contribution in [0.5, 0.6) is 0 Å². The van der Waals surface area contributed by atoms with E-state index < -0.39 is 0 Å². The molecule has 0 unspecified atom stereocenters. The maximum atomic E-state index is 6.07. The SMILES string of the molecule is CCc1ccccc1-c1c(-c2ccccc2)oc(I)c1C. The Bertz CT molecular complexity index is 756. The van der Waals surface area contributed by atoms with Crippen LogP contribution in [0.4, 0.5) is 0 Å². The van der Waals surface area contributed by atoms with Crippen LogP contribution < -0.4 is 0 Å². The molecule has 2 heteroatoms. The van der Waals surface area contributed by atoms with Crippen molar-refractivity contribution in [1.82, 2.24) is 0 Å². The van der Waals surface area contributed by atoms with Crippen molar-refractivity contribution in [2.24, 2.45) is 0 Å². The number of halogens is 1. The number of rotatable bonds is 3. The number of hydrogen-bond acceptors (Lipinski definition) is 1. The lowest BCUT2D eigenvalue weighted by atomic mass is 9.94. The predicted molar refractivity (Wildman–Crippen MR) is 96.4 cm³/mol. The summed E-state index contributed by atoms with van der Waals surface area (Å²) in [5, 5.41) is 0. The van der Waals surface area contributed by atoms with Gasteiger partial charge in [-0.2, -0.15) is 0 Å². The molecule has 3 rings (SSSR count). The van der Waals surface area contributed by atoms with Gasteiger partial charge in [-0.25, -0.2) is 0 Å². The quantitative estimate of drug-likeness (QED) is 0.495. The van der Waals surface area contributed by atoms with E-state index in [1.54, 1.807) is 0 Å². The van der Waals surface area contributed by atoms with Gasteiger partial charge in [0.1, 0.15) is 5.76 Å². The van der Waals surface area contributed by atoms with Crippen LogP contribution in [0.15, 0.2) is 59.0 Å². The van der Waals surface area contributed by atoms with E-state index in [4.69, 9.17) is 4.42 Å². The number of aryl methyl sites for hydroxylation is 1. The summed E-state index contributed by atoms with van der Waals surface area (Å²) in [5.41, 5.74) is 6.21. The van der Waals surface area contributed by atoms with Crippen LogP contribution in [-0.2, 0) is 6.42 Å². The Labute approximate surface area is 139 Å². The van der Waals surface area contributed by atoms with E-state index in [9.17, 15) is 0 Å². The van der Waals surface area contributed by atoms with Crippen molar-refractivity contribution in [3.05, 3.63) is 69.5 Å². The van der Waals surface area contributed by atoms with Gasteiger partial charge in [0.15, 0.2) is 3.77 Å². The van der Waals surface area contributed by atoms with E-state index in [2.05, 4.69) is 85.0 Å². The molecule has 1 nitrogen and oxygen atoms in total. The Balaban J connectivity index is 2.28. The monoisotopic (exact) mass is 388 g/mol. The maximum absolute atomic E-state index is 6.07. The average molecular weight is 388 g/mol. The van der Waals surface area contributed by atoms with Gasteiger partial charge >= 0.3 is 0 Å². The second kappa shape index (κ2) is 6.06. The summed E-state index contributed by atoms with van der Waals surface area (Å²) in [5.74, 6) is 0.971. The van der Waals surface area contributed by atoms with E-state index in [-0.39, 0.29) is 0 Å². The van der Waals surface area contributed by atoms with Crippen molar-refractivity contribution in [3.63, 3.8) is 0 Å². The smallest absolute Gasteiger partial charge is 0.168 e. The van der Waals surface area contributed by atoms with E-state index >= 15 is 0 Å². The fourth-order valence-corrected chi connectivity index (χ4v) is 3.17. The van der Waals surface area contributed by atoms with E-state index in [1.165, 1.54) is 22.3 Å². The van der Waals surface area contributed by atoms with Gasteiger partial charge in [0.05, 0.1) is 0 Å². The lowest BCUT2D eigenvalue weighted by Gasteiger charge is -2.09. The lowest BCUT2D eigenvalue weighted by Crippen LogP contribution is -1.89. The van der Waals surface area contributed by atoms with Crippen molar-refractivity contribution in [3.8, 4) is 22.5 Å². The second-order valence-electron chi connectivity index (χ2n) is 5.08. The Kier molecular flexibility index (Phi) is 4.15. The molecule has 0 fully saturated rings. The van der Waals surface area contributed by atoms with Crippen molar-refractivity contribution in [1.29, 1.82) is 0 Å². The summed E-state index contributed by atoms with van der Waals surface area (Å²) in [6.45, 7) is 4.33. The van der Waals surface area contributed by atoms with Crippen LogP contribution in [0.3, 0.4) is 0 Å². The molecule has 0 aliphatic heterocycles. The van der Waals surface area contributed by atoms with Gasteiger partial charge in [-0.05, 0) is 47.1 Å². The standard InChI is InChI=1S/C19H17IO/c1-3-14-9-7-8-12-16(14)17-13(2)19(20)21-18(17)15-10-5-4-6-11-15/h4-12H,3H2,1-2H3. The van der Waals surface area contributed by atoms with Gasteiger partial charge < -0.3 is 4.42 Å². The highest BCUT2D eigenvalue weighted by molar-refractivity contribution is 14.1. The highest BCUT2D eigenvalue weighted by atomic mass is 127. The molecule has 0 bridgehead atoms. The Morgan fingerprint density at radius 1 is 0.952 bits per heavy atom. The fourth-order valence-electron chi connectivity index (χ4n) is 2.68. The second-order valence-corrected chi connectivity index (χ2v) is 6.06. The van der Waals surface area contributed by atoms with Crippen LogP contribution in [0.2, 0.25) is 0 Å². The molecule has 1 aromatic heterocycles. The summed E-state index contributed by atoms with van der Waals surface area (Å²) < 4.78 is 7.04. The first-order valence-corrected chi connectivity index (χ1v) is 8.22. The van der Waals surface area contributed by atoms with Crippen molar-refractivity contribution in [2.75, 3.05) is 0 Å². The molecule has 0 spiro atoms. The zero-order valence-electron chi connectivity index (χ0n) is 12.2. The van der Waals surface area contributed by atoms with Gasteiger partial charge in [0, 0.05) is 16.7 Å². The lowest BCUT2D eigenvalue weighted by molar-refractivity contribution is 0.550. The first-order valence-electron chi connectivity index (χ1n) is 7.15. The van der Waals surface area contributed by atoms with Gasteiger partial charge in [0.2, 0.25) is 0 Å². The Morgan fingerprint density at radius 2 is 1.62 bits per heavy atom. The average Bonchev–Trinajstić information content (AvgIpc) is 2.83. The Morgan fingerprint density at radius 3 is 2.33 bits per heavy atom. The minimum atomic E-state index is 0.965. The third-order valence-corrected chi connectivity index (χ3v) is 4.82. The summed E-state index contributed by atoms with van der Waals surface area (Å²) in [6.07, 6.45) is 1.02. The molecule has 0 radical (unpaired) electrons. The molecule has 3 aromatic rings. The van der Waals surface area contributed by atoms with Gasteiger partial charge in [-0.1, -0.05) is 61.5 Å². The largest absolute Gasteiger partial charge is 0.449 e. The molecule has 0 aliphatic rings. The van der Waals surface area contributed by atoms with Crippen LogP contribution in [0, 0.1) is 10.7 Å². The first-order chi connectivity index (χ1) is 10.2. The molecule has 0 N–H and O–H groups in total. The third-order valence-electron chi connectivity index (χ3n) is 3.79. The minimum Gasteiger partial charge on any atom is -0.449 e. The molecule has 0 saturated carbocycles. The summed E-state index contributed by atoms with van der Waals surface area (Å²) in [6, 6.07) is 18.9. The van der Waals surface area contributed by atoms with E-state index in [1.807, 2.05) is 6.07 Å². The van der Waals surface area contributed by atoms with Crippen LogP contribution in [-0.4, -0.2) is 0 Å². The molecule has 0 amide bonds. The van der Waals surface area contributed by atoms with Gasteiger partial charge in [-0.15, -0.1) is 0 Å². The van der Waals surface area contributed by atoms with Crippen molar-refractivity contribution in [2.45, 2.75) is 20.3 Å². The van der Waals surface area contributed by atoms with Crippen molar-refractivity contribution >= 4 is 22.6 Å².